The second-order valence-electron chi connectivity index (χ2n) is 4.69. The first-order chi connectivity index (χ1) is 9.79. The molecule has 0 heterocycles. The third kappa shape index (κ3) is 4.55. The van der Waals surface area contributed by atoms with Crippen LogP contribution in [0, 0.1) is 0 Å². The lowest BCUT2D eigenvalue weighted by molar-refractivity contribution is 0.304. The van der Waals surface area contributed by atoms with Crippen LogP contribution < -0.4 is 10.1 Å². The zero-order valence-corrected chi connectivity index (χ0v) is 12.5. The van der Waals surface area contributed by atoms with Crippen molar-refractivity contribution in [3.63, 3.8) is 0 Å². The van der Waals surface area contributed by atoms with E-state index in [0.29, 0.717) is 11.6 Å². The fraction of sp³-hybridized carbons (Fsp3) is 0.294. The highest BCUT2D eigenvalue weighted by Crippen LogP contribution is 2.19. The van der Waals surface area contributed by atoms with Crippen molar-refractivity contribution in [3.05, 3.63) is 64.7 Å². The molecule has 3 heteroatoms. The fourth-order valence-electron chi connectivity index (χ4n) is 1.99. The van der Waals surface area contributed by atoms with Gasteiger partial charge in [-0.3, -0.25) is 0 Å². The first-order valence-electron chi connectivity index (χ1n) is 6.95. The Balaban J connectivity index is 1.98. The standard InChI is InChI=1S/C17H20ClNO/c1-2-10-19-12-14-6-3-4-7-15(14)13-20-17-9-5-8-16(18)11-17/h3-9,11,19H,2,10,12-13H2,1H3. The highest BCUT2D eigenvalue weighted by Gasteiger charge is 2.03. The van der Waals surface area contributed by atoms with E-state index in [2.05, 4.69) is 30.4 Å². The molecule has 2 rings (SSSR count). The van der Waals surface area contributed by atoms with Crippen molar-refractivity contribution in [2.45, 2.75) is 26.5 Å². The van der Waals surface area contributed by atoms with Gasteiger partial charge in [-0.05, 0) is 42.3 Å². The summed E-state index contributed by atoms with van der Waals surface area (Å²) in [4.78, 5) is 0. The molecule has 0 unspecified atom stereocenters. The number of benzene rings is 2. The molecule has 0 fully saturated rings. The largest absolute Gasteiger partial charge is 0.489 e. The molecule has 0 aromatic heterocycles. The van der Waals surface area contributed by atoms with Gasteiger partial charge in [0.05, 0.1) is 0 Å². The first-order valence-corrected chi connectivity index (χ1v) is 7.33. The van der Waals surface area contributed by atoms with Gasteiger partial charge >= 0.3 is 0 Å². The normalized spacial score (nSPS) is 10.5. The van der Waals surface area contributed by atoms with Crippen molar-refractivity contribution >= 4 is 11.6 Å². The van der Waals surface area contributed by atoms with Crippen LogP contribution in [0.5, 0.6) is 5.75 Å². The summed E-state index contributed by atoms with van der Waals surface area (Å²) in [6.07, 6.45) is 1.14. The summed E-state index contributed by atoms with van der Waals surface area (Å²) in [6, 6.07) is 15.8. The van der Waals surface area contributed by atoms with E-state index in [-0.39, 0.29) is 0 Å². The molecule has 0 saturated heterocycles. The minimum atomic E-state index is 0.560. The summed E-state index contributed by atoms with van der Waals surface area (Å²) in [5, 5.41) is 4.12. The van der Waals surface area contributed by atoms with E-state index in [1.54, 1.807) is 0 Å². The molecule has 0 spiro atoms. The maximum Gasteiger partial charge on any atom is 0.121 e. The van der Waals surface area contributed by atoms with E-state index in [0.717, 1.165) is 25.3 Å². The van der Waals surface area contributed by atoms with Gasteiger partial charge in [0.2, 0.25) is 0 Å². The molecule has 0 amide bonds. The highest BCUT2D eigenvalue weighted by atomic mass is 35.5. The van der Waals surface area contributed by atoms with E-state index in [4.69, 9.17) is 16.3 Å². The SMILES string of the molecule is CCCNCc1ccccc1COc1cccc(Cl)c1. The maximum absolute atomic E-state index is 5.95. The van der Waals surface area contributed by atoms with Crippen molar-refractivity contribution < 1.29 is 4.74 Å². The van der Waals surface area contributed by atoms with Crippen LogP contribution in [0.3, 0.4) is 0 Å². The van der Waals surface area contributed by atoms with Crippen LogP contribution in [0.4, 0.5) is 0 Å². The molecule has 106 valence electrons. The molecule has 0 atom stereocenters. The van der Waals surface area contributed by atoms with Crippen molar-refractivity contribution in [2.24, 2.45) is 0 Å². The van der Waals surface area contributed by atoms with E-state index in [1.807, 2.05) is 30.3 Å². The molecule has 0 aliphatic rings. The van der Waals surface area contributed by atoms with Crippen LogP contribution in [-0.2, 0) is 13.2 Å². The smallest absolute Gasteiger partial charge is 0.121 e. The number of nitrogens with one attached hydrogen (secondary N) is 1. The number of rotatable bonds is 7. The lowest BCUT2D eigenvalue weighted by Gasteiger charge is -2.12. The number of halogens is 1. The molecular weight excluding hydrogens is 270 g/mol. The summed E-state index contributed by atoms with van der Waals surface area (Å²) < 4.78 is 5.81. The highest BCUT2D eigenvalue weighted by molar-refractivity contribution is 6.30. The lowest BCUT2D eigenvalue weighted by atomic mass is 10.1. The van der Waals surface area contributed by atoms with E-state index >= 15 is 0 Å². The van der Waals surface area contributed by atoms with Gasteiger partial charge in [0, 0.05) is 11.6 Å². The Morgan fingerprint density at radius 2 is 1.85 bits per heavy atom. The maximum atomic E-state index is 5.95. The van der Waals surface area contributed by atoms with E-state index in [9.17, 15) is 0 Å². The fourth-order valence-corrected chi connectivity index (χ4v) is 2.17. The average Bonchev–Trinajstić information content (AvgIpc) is 2.47. The predicted molar refractivity (Wildman–Crippen MR) is 84.2 cm³/mol. The van der Waals surface area contributed by atoms with Crippen LogP contribution >= 0.6 is 11.6 Å². The van der Waals surface area contributed by atoms with Crippen LogP contribution in [0.25, 0.3) is 0 Å². The average molecular weight is 290 g/mol. The quantitative estimate of drug-likeness (QED) is 0.762. The molecule has 2 aromatic rings. The molecule has 0 bridgehead atoms. The minimum absolute atomic E-state index is 0.560. The molecule has 0 aliphatic carbocycles. The van der Waals surface area contributed by atoms with Gasteiger partial charge in [-0.2, -0.15) is 0 Å². The second-order valence-corrected chi connectivity index (χ2v) is 5.13. The predicted octanol–water partition coefficient (Wildman–Crippen LogP) is 4.42. The van der Waals surface area contributed by atoms with Crippen molar-refractivity contribution in [1.29, 1.82) is 0 Å². The first kappa shape index (κ1) is 14.9. The third-order valence-electron chi connectivity index (χ3n) is 3.05. The summed E-state index contributed by atoms with van der Waals surface area (Å²) >= 11 is 5.95. The van der Waals surface area contributed by atoms with Crippen LogP contribution in [0.2, 0.25) is 5.02 Å². The Labute approximate surface area is 125 Å². The number of ether oxygens (including phenoxy) is 1. The third-order valence-corrected chi connectivity index (χ3v) is 3.29. The zero-order chi connectivity index (χ0) is 14.2. The summed E-state index contributed by atoms with van der Waals surface area (Å²) in [5.74, 6) is 0.800. The van der Waals surface area contributed by atoms with Gasteiger partial charge in [0.15, 0.2) is 0 Å². The van der Waals surface area contributed by atoms with Gasteiger partial charge in [0.25, 0.3) is 0 Å². The Kier molecular flexibility index (Phi) is 5.90. The van der Waals surface area contributed by atoms with Gasteiger partial charge in [-0.25, -0.2) is 0 Å². The van der Waals surface area contributed by atoms with Gasteiger partial charge in [0.1, 0.15) is 12.4 Å². The molecule has 20 heavy (non-hydrogen) atoms. The van der Waals surface area contributed by atoms with Gasteiger partial charge in [-0.15, -0.1) is 0 Å². The zero-order valence-electron chi connectivity index (χ0n) is 11.7. The molecule has 0 saturated carbocycles. The molecule has 1 N–H and O–H groups in total. The molecule has 2 aromatic carbocycles. The van der Waals surface area contributed by atoms with Crippen molar-refractivity contribution in [1.82, 2.24) is 5.32 Å². The van der Waals surface area contributed by atoms with E-state index < -0.39 is 0 Å². The Hall–Kier alpha value is -1.51. The molecule has 0 aliphatic heterocycles. The summed E-state index contributed by atoms with van der Waals surface area (Å²) in [5.41, 5.74) is 2.49. The summed E-state index contributed by atoms with van der Waals surface area (Å²) in [6.45, 7) is 4.64. The van der Waals surface area contributed by atoms with Crippen LogP contribution in [-0.4, -0.2) is 6.54 Å². The second kappa shape index (κ2) is 7.93. The lowest BCUT2D eigenvalue weighted by Crippen LogP contribution is -2.15. The van der Waals surface area contributed by atoms with Crippen molar-refractivity contribution in [3.8, 4) is 5.75 Å². The Morgan fingerprint density at radius 3 is 2.60 bits per heavy atom. The number of hydrogen-bond acceptors (Lipinski definition) is 2. The molecule has 2 nitrogen and oxygen atoms in total. The van der Waals surface area contributed by atoms with Gasteiger partial charge in [-0.1, -0.05) is 48.9 Å². The number of hydrogen-bond donors (Lipinski definition) is 1. The Morgan fingerprint density at radius 1 is 1.05 bits per heavy atom. The summed E-state index contributed by atoms with van der Waals surface area (Å²) in [7, 11) is 0. The molecule has 0 radical (unpaired) electrons. The molecular formula is C17H20ClNO. The monoisotopic (exact) mass is 289 g/mol. The topological polar surface area (TPSA) is 21.3 Å². The Bertz CT molecular complexity index is 542. The van der Waals surface area contributed by atoms with Crippen molar-refractivity contribution in [2.75, 3.05) is 6.54 Å². The van der Waals surface area contributed by atoms with Gasteiger partial charge < -0.3 is 10.1 Å². The minimum Gasteiger partial charge on any atom is -0.489 e. The van der Waals surface area contributed by atoms with Crippen LogP contribution in [0.1, 0.15) is 24.5 Å². The van der Waals surface area contributed by atoms with Crippen LogP contribution in [0.15, 0.2) is 48.5 Å². The van der Waals surface area contributed by atoms with E-state index in [1.165, 1.54) is 11.1 Å².